The van der Waals surface area contributed by atoms with E-state index >= 15 is 0 Å². The van der Waals surface area contributed by atoms with E-state index in [1.54, 1.807) is 6.33 Å². The molecule has 0 saturated carbocycles. The summed E-state index contributed by atoms with van der Waals surface area (Å²) in [4.78, 5) is 13.8. The Bertz CT molecular complexity index is 788. The molecule has 118 valence electrons. The molecule has 23 heavy (non-hydrogen) atoms. The minimum atomic E-state index is 1.00. The first-order chi connectivity index (χ1) is 11.3. The van der Waals surface area contributed by atoms with Crippen molar-refractivity contribution in [3.8, 4) is 0 Å². The Morgan fingerprint density at radius 3 is 2.52 bits per heavy atom. The Labute approximate surface area is 136 Å². The highest BCUT2D eigenvalue weighted by molar-refractivity contribution is 5.87. The number of aryl methyl sites for hydroxylation is 1. The van der Waals surface area contributed by atoms with Gasteiger partial charge in [0.25, 0.3) is 0 Å². The number of rotatable bonds is 3. The van der Waals surface area contributed by atoms with E-state index in [0.29, 0.717) is 0 Å². The SMILES string of the molecule is Cn1ccc2c(N3CCN(Cc4ccccc4)CC3)ncnc21. The lowest BCUT2D eigenvalue weighted by Gasteiger charge is -2.35. The highest BCUT2D eigenvalue weighted by Crippen LogP contribution is 2.24. The largest absolute Gasteiger partial charge is 0.353 e. The van der Waals surface area contributed by atoms with Crippen LogP contribution in [0.3, 0.4) is 0 Å². The van der Waals surface area contributed by atoms with Crippen LogP contribution in [0.15, 0.2) is 48.9 Å². The zero-order chi connectivity index (χ0) is 15.6. The summed E-state index contributed by atoms with van der Waals surface area (Å²) >= 11 is 0. The van der Waals surface area contributed by atoms with Crippen molar-refractivity contribution < 1.29 is 0 Å². The van der Waals surface area contributed by atoms with Gasteiger partial charge in [0.1, 0.15) is 17.8 Å². The van der Waals surface area contributed by atoms with Gasteiger partial charge >= 0.3 is 0 Å². The van der Waals surface area contributed by atoms with Gasteiger partial charge in [0.05, 0.1) is 5.39 Å². The monoisotopic (exact) mass is 307 g/mol. The molecule has 1 aromatic carbocycles. The van der Waals surface area contributed by atoms with Gasteiger partial charge in [-0.25, -0.2) is 9.97 Å². The second-order valence-corrected chi connectivity index (χ2v) is 6.11. The van der Waals surface area contributed by atoms with Gasteiger partial charge in [-0.05, 0) is 11.6 Å². The van der Waals surface area contributed by atoms with E-state index in [-0.39, 0.29) is 0 Å². The summed E-state index contributed by atoms with van der Waals surface area (Å²) in [5.41, 5.74) is 2.38. The van der Waals surface area contributed by atoms with E-state index in [1.165, 1.54) is 5.56 Å². The predicted octanol–water partition coefficient (Wildman–Crippen LogP) is 2.29. The quantitative estimate of drug-likeness (QED) is 0.744. The van der Waals surface area contributed by atoms with E-state index in [0.717, 1.165) is 49.6 Å². The third-order valence-corrected chi connectivity index (χ3v) is 4.56. The fourth-order valence-electron chi connectivity index (χ4n) is 3.28. The third-order valence-electron chi connectivity index (χ3n) is 4.56. The summed E-state index contributed by atoms with van der Waals surface area (Å²) in [6.45, 7) is 5.17. The number of hydrogen-bond donors (Lipinski definition) is 0. The molecule has 0 unspecified atom stereocenters. The van der Waals surface area contributed by atoms with E-state index in [4.69, 9.17) is 0 Å². The third kappa shape index (κ3) is 2.80. The molecule has 0 amide bonds. The molecule has 1 aliphatic heterocycles. The number of hydrogen-bond acceptors (Lipinski definition) is 4. The zero-order valence-electron chi connectivity index (χ0n) is 13.4. The molecule has 1 aliphatic rings. The van der Waals surface area contributed by atoms with Crippen LogP contribution in [0.1, 0.15) is 5.56 Å². The summed E-state index contributed by atoms with van der Waals surface area (Å²) in [5.74, 6) is 1.06. The Balaban J connectivity index is 1.47. The van der Waals surface area contributed by atoms with Crippen molar-refractivity contribution in [2.75, 3.05) is 31.1 Å². The van der Waals surface area contributed by atoms with Crippen LogP contribution in [0, 0.1) is 0 Å². The van der Waals surface area contributed by atoms with Crippen LogP contribution < -0.4 is 4.90 Å². The van der Waals surface area contributed by atoms with Gasteiger partial charge in [-0.3, -0.25) is 4.90 Å². The fourth-order valence-corrected chi connectivity index (χ4v) is 3.28. The van der Waals surface area contributed by atoms with Gasteiger partial charge < -0.3 is 9.47 Å². The van der Waals surface area contributed by atoms with Crippen molar-refractivity contribution in [2.45, 2.75) is 6.54 Å². The Morgan fingerprint density at radius 1 is 0.957 bits per heavy atom. The number of aromatic nitrogens is 3. The van der Waals surface area contributed by atoms with Gasteiger partial charge in [-0.2, -0.15) is 0 Å². The molecule has 3 aromatic rings. The average Bonchev–Trinajstić information content (AvgIpc) is 2.98. The molecule has 5 heteroatoms. The van der Waals surface area contributed by atoms with Crippen molar-refractivity contribution in [3.63, 3.8) is 0 Å². The van der Waals surface area contributed by atoms with Crippen LogP contribution in [-0.4, -0.2) is 45.6 Å². The summed E-state index contributed by atoms with van der Waals surface area (Å²) in [6.07, 6.45) is 3.72. The fraction of sp³-hybridized carbons (Fsp3) is 0.333. The molecule has 0 spiro atoms. The predicted molar refractivity (Wildman–Crippen MR) is 92.4 cm³/mol. The van der Waals surface area contributed by atoms with Crippen LogP contribution in [0.2, 0.25) is 0 Å². The summed E-state index contributed by atoms with van der Waals surface area (Å²) in [6, 6.07) is 12.8. The lowest BCUT2D eigenvalue weighted by Crippen LogP contribution is -2.46. The Kier molecular flexibility index (Phi) is 3.71. The smallest absolute Gasteiger partial charge is 0.145 e. The van der Waals surface area contributed by atoms with E-state index in [1.807, 2.05) is 11.6 Å². The van der Waals surface area contributed by atoms with E-state index < -0.39 is 0 Å². The first-order valence-electron chi connectivity index (χ1n) is 8.08. The Morgan fingerprint density at radius 2 is 1.74 bits per heavy atom. The minimum absolute atomic E-state index is 1.00. The summed E-state index contributed by atoms with van der Waals surface area (Å²) < 4.78 is 2.05. The van der Waals surface area contributed by atoms with Crippen molar-refractivity contribution >= 4 is 16.9 Å². The number of piperazine rings is 1. The first-order valence-corrected chi connectivity index (χ1v) is 8.08. The minimum Gasteiger partial charge on any atom is -0.353 e. The molecule has 3 heterocycles. The van der Waals surface area contributed by atoms with Crippen LogP contribution >= 0.6 is 0 Å². The average molecular weight is 307 g/mol. The van der Waals surface area contributed by atoms with Crippen LogP contribution in [0.4, 0.5) is 5.82 Å². The molecule has 4 rings (SSSR count). The lowest BCUT2D eigenvalue weighted by atomic mass is 10.2. The Hall–Kier alpha value is -2.40. The molecule has 1 fully saturated rings. The lowest BCUT2D eigenvalue weighted by molar-refractivity contribution is 0.249. The van der Waals surface area contributed by atoms with Crippen molar-refractivity contribution in [3.05, 3.63) is 54.5 Å². The van der Waals surface area contributed by atoms with Gasteiger partial charge in [0.15, 0.2) is 0 Å². The van der Waals surface area contributed by atoms with Crippen molar-refractivity contribution in [2.24, 2.45) is 7.05 Å². The van der Waals surface area contributed by atoms with Crippen LogP contribution in [0.5, 0.6) is 0 Å². The van der Waals surface area contributed by atoms with Crippen LogP contribution in [-0.2, 0) is 13.6 Å². The molecule has 0 atom stereocenters. The molecular formula is C18H21N5. The van der Waals surface area contributed by atoms with E-state index in [9.17, 15) is 0 Å². The normalized spacial score (nSPS) is 16.1. The van der Waals surface area contributed by atoms with E-state index in [2.05, 4.69) is 62.4 Å². The van der Waals surface area contributed by atoms with Crippen LogP contribution in [0.25, 0.3) is 11.0 Å². The van der Waals surface area contributed by atoms with Crippen molar-refractivity contribution in [1.29, 1.82) is 0 Å². The zero-order valence-corrected chi connectivity index (χ0v) is 13.4. The second kappa shape index (κ2) is 6.01. The number of nitrogens with zero attached hydrogens (tertiary/aromatic N) is 5. The standard InChI is InChI=1S/C18H21N5/c1-21-8-7-16-17(21)19-14-20-18(16)23-11-9-22(10-12-23)13-15-5-3-2-4-6-15/h2-8,14H,9-13H2,1H3. The highest BCUT2D eigenvalue weighted by Gasteiger charge is 2.20. The molecule has 5 nitrogen and oxygen atoms in total. The number of benzene rings is 1. The van der Waals surface area contributed by atoms with Crippen molar-refractivity contribution in [1.82, 2.24) is 19.4 Å². The number of anilines is 1. The number of fused-ring (bicyclic) bond motifs is 1. The molecule has 2 aromatic heterocycles. The maximum Gasteiger partial charge on any atom is 0.145 e. The second-order valence-electron chi connectivity index (χ2n) is 6.11. The van der Waals surface area contributed by atoms with Gasteiger partial charge in [0.2, 0.25) is 0 Å². The maximum absolute atomic E-state index is 4.54. The molecule has 0 aliphatic carbocycles. The molecule has 0 N–H and O–H groups in total. The maximum atomic E-state index is 4.54. The van der Waals surface area contributed by atoms with Gasteiger partial charge in [-0.1, -0.05) is 30.3 Å². The summed E-state index contributed by atoms with van der Waals surface area (Å²) in [7, 11) is 2.02. The first kappa shape index (κ1) is 14.2. The highest BCUT2D eigenvalue weighted by atomic mass is 15.3. The topological polar surface area (TPSA) is 37.2 Å². The van der Waals surface area contributed by atoms with Gasteiger partial charge in [0, 0.05) is 46.0 Å². The molecule has 0 bridgehead atoms. The molecule has 1 saturated heterocycles. The molecule has 0 radical (unpaired) electrons. The summed E-state index contributed by atoms with van der Waals surface area (Å²) in [5, 5.41) is 1.14. The van der Waals surface area contributed by atoms with Gasteiger partial charge in [-0.15, -0.1) is 0 Å². The molecular weight excluding hydrogens is 286 g/mol.